The molecule has 1 heterocycles. The molecule has 1 aromatic carbocycles. The Kier molecular flexibility index (Phi) is 4.09. The lowest BCUT2D eigenvalue weighted by molar-refractivity contribution is 0.607. The van der Waals surface area contributed by atoms with Crippen molar-refractivity contribution in [1.82, 2.24) is 9.78 Å². The average Bonchev–Trinajstić information content (AvgIpc) is 2.84. The van der Waals surface area contributed by atoms with Gasteiger partial charge in [-0.15, -0.1) is 0 Å². The summed E-state index contributed by atoms with van der Waals surface area (Å²) in [6.07, 6.45) is 6.37. The van der Waals surface area contributed by atoms with E-state index in [1.165, 1.54) is 0 Å². The van der Waals surface area contributed by atoms with Crippen LogP contribution in [0.1, 0.15) is 5.56 Å². The van der Waals surface area contributed by atoms with Crippen molar-refractivity contribution in [2.45, 2.75) is 6.54 Å². The van der Waals surface area contributed by atoms with Crippen LogP contribution in [0.2, 0.25) is 0 Å². The van der Waals surface area contributed by atoms with Gasteiger partial charge in [-0.2, -0.15) is 5.10 Å². The SMILES string of the molecule is C=Cn1cc(CNc2ccc(NS(C)(=O)=O)cc2)cn1. The lowest BCUT2D eigenvalue weighted by Crippen LogP contribution is -2.09. The molecule has 1 aromatic heterocycles. The summed E-state index contributed by atoms with van der Waals surface area (Å²) in [4.78, 5) is 0. The second-order valence-corrected chi connectivity index (χ2v) is 6.06. The quantitative estimate of drug-likeness (QED) is 0.853. The number of anilines is 2. The summed E-state index contributed by atoms with van der Waals surface area (Å²) < 4.78 is 26.2. The number of sulfonamides is 1. The summed E-state index contributed by atoms with van der Waals surface area (Å²) in [7, 11) is -3.24. The number of aromatic nitrogens is 2. The fraction of sp³-hybridized carbons (Fsp3) is 0.154. The van der Waals surface area contributed by atoms with Gasteiger partial charge >= 0.3 is 0 Å². The van der Waals surface area contributed by atoms with Gasteiger partial charge < -0.3 is 5.32 Å². The summed E-state index contributed by atoms with van der Waals surface area (Å²) in [5.74, 6) is 0. The number of nitrogens with zero attached hydrogens (tertiary/aromatic N) is 2. The summed E-state index contributed by atoms with van der Waals surface area (Å²) >= 11 is 0. The van der Waals surface area contributed by atoms with Gasteiger partial charge in [0.15, 0.2) is 0 Å². The molecule has 106 valence electrons. The number of rotatable bonds is 6. The molecule has 0 aliphatic heterocycles. The number of hydrogen-bond acceptors (Lipinski definition) is 4. The monoisotopic (exact) mass is 292 g/mol. The maximum atomic E-state index is 11.1. The van der Waals surface area contributed by atoms with Crippen molar-refractivity contribution >= 4 is 27.6 Å². The molecular formula is C13H16N4O2S. The van der Waals surface area contributed by atoms with Crippen LogP contribution in [0.5, 0.6) is 0 Å². The summed E-state index contributed by atoms with van der Waals surface area (Å²) in [6.45, 7) is 4.26. The van der Waals surface area contributed by atoms with E-state index >= 15 is 0 Å². The molecule has 0 atom stereocenters. The minimum absolute atomic E-state index is 0.539. The highest BCUT2D eigenvalue weighted by molar-refractivity contribution is 7.92. The van der Waals surface area contributed by atoms with Crippen LogP contribution in [0, 0.1) is 0 Å². The molecule has 0 radical (unpaired) electrons. The number of nitrogens with one attached hydrogen (secondary N) is 2. The van der Waals surface area contributed by atoms with Crippen molar-refractivity contribution < 1.29 is 8.42 Å². The topological polar surface area (TPSA) is 76.0 Å². The van der Waals surface area contributed by atoms with Crippen LogP contribution in [0.3, 0.4) is 0 Å². The van der Waals surface area contributed by atoms with Crippen LogP contribution in [-0.2, 0) is 16.6 Å². The van der Waals surface area contributed by atoms with Gasteiger partial charge in [0.25, 0.3) is 0 Å². The van der Waals surface area contributed by atoms with E-state index < -0.39 is 10.0 Å². The van der Waals surface area contributed by atoms with Crippen molar-refractivity contribution in [3.05, 3.63) is 48.8 Å². The second kappa shape index (κ2) is 5.79. The van der Waals surface area contributed by atoms with Gasteiger partial charge in [0.05, 0.1) is 12.5 Å². The largest absolute Gasteiger partial charge is 0.381 e. The second-order valence-electron chi connectivity index (χ2n) is 4.32. The number of hydrogen-bond donors (Lipinski definition) is 2. The van der Waals surface area contributed by atoms with Gasteiger partial charge in [0.1, 0.15) is 0 Å². The molecule has 2 rings (SSSR count). The van der Waals surface area contributed by atoms with Gasteiger partial charge in [-0.05, 0) is 24.3 Å². The van der Waals surface area contributed by atoms with Crippen molar-refractivity contribution in [2.75, 3.05) is 16.3 Å². The average molecular weight is 292 g/mol. The van der Waals surface area contributed by atoms with Crippen LogP contribution < -0.4 is 10.0 Å². The van der Waals surface area contributed by atoms with Crippen molar-refractivity contribution in [3.8, 4) is 0 Å². The molecule has 0 saturated carbocycles. The van der Waals surface area contributed by atoms with Gasteiger partial charge in [-0.3, -0.25) is 4.72 Å². The van der Waals surface area contributed by atoms with Crippen LogP contribution in [-0.4, -0.2) is 24.5 Å². The molecule has 0 saturated heterocycles. The fourth-order valence-corrected chi connectivity index (χ4v) is 2.21. The minimum Gasteiger partial charge on any atom is -0.381 e. The molecular weight excluding hydrogens is 276 g/mol. The normalized spacial score (nSPS) is 11.1. The Morgan fingerprint density at radius 1 is 1.30 bits per heavy atom. The Bertz CT molecular complexity index is 689. The predicted octanol–water partition coefficient (Wildman–Crippen LogP) is 1.97. The molecule has 20 heavy (non-hydrogen) atoms. The summed E-state index contributed by atoms with van der Waals surface area (Å²) in [5.41, 5.74) is 2.47. The van der Waals surface area contributed by atoms with E-state index in [1.54, 1.807) is 29.2 Å². The molecule has 0 bridgehead atoms. The predicted molar refractivity (Wildman–Crippen MR) is 80.8 cm³/mol. The third-order valence-corrected chi connectivity index (χ3v) is 3.13. The highest BCUT2D eigenvalue weighted by atomic mass is 32.2. The Morgan fingerprint density at radius 2 is 1.95 bits per heavy atom. The van der Waals surface area contributed by atoms with E-state index in [-0.39, 0.29) is 0 Å². The molecule has 2 aromatic rings. The van der Waals surface area contributed by atoms with Crippen LogP contribution in [0.4, 0.5) is 11.4 Å². The molecule has 7 heteroatoms. The van der Waals surface area contributed by atoms with E-state index in [9.17, 15) is 8.42 Å². The van der Waals surface area contributed by atoms with Gasteiger partial charge in [0.2, 0.25) is 10.0 Å². The van der Waals surface area contributed by atoms with Gasteiger partial charge in [-0.1, -0.05) is 6.58 Å². The standard InChI is InChI=1S/C13H16N4O2S/c1-3-17-10-11(9-15-17)8-14-12-4-6-13(7-5-12)16-20(2,18)19/h3-7,9-10,14,16H,1,8H2,2H3. The zero-order valence-corrected chi connectivity index (χ0v) is 11.9. The Morgan fingerprint density at radius 3 is 2.50 bits per heavy atom. The zero-order chi connectivity index (χ0) is 14.6. The van der Waals surface area contributed by atoms with E-state index in [1.807, 2.05) is 18.3 Å². The van der Waals surface area contributed by atoms with E-state index in [0.29, 0.717) is 12.2 Å². The minimum atomic E-state index is -3.24. The lowest BCUT2D eigenvalue weighted by Gasteiger charge is -2.07. The number of benzene rings is 1. The maximum absolute atomic E-state index is 11.1. The van der Waals surface area contributed by atoms with Crippen LogP contribution >= 0.6 is 0 Å². The lowest BCUT2D eigenvalue weighted by atomic mass is 10.2. The van der Waals surface area contributed by atoms with Crippen LogP contribution in [0.25, 0.3) is 6.20 Å². The molecule has 0 amide bonds. The molecule has 0 aliphatic rings. The summed E-state index contributed by atoms with van der Waals surface area (Å²) in [5, 5.41) is 7.31. The smallest absolute Gasteiger partial charge is 0.229 e. The van der Waals surface area contributed by atoms with Gasteiger partial charge in [-0.25, -0.2) is 13.1 Å². The Hall–Kier alpha value is -2.28. The molecule has 0 fully saturated rings. The van der Waals surface area contributed by atoms with Crippen LogP contribution in [0.15, 0.2) is 43.2 Å². The van der Waals surface area contributed by atoms with Crippen molar-refractivity contribution in [3.63, 3.8) is 0 Å². The Balaban J connectivity index is 1.95. The first kappa shape index (κ1) is 14.1. The van der Waals surface area contributed by atoms with E-state index in [0.717, 1.165) is 17.5 Å². The van der Waals surface area contributed by atoms with E-state index in [2.05, 4.69) is 21.7 Å². The Labute approximate surface area is 118 Å². The van der Waals surface area contributed by atoms with Crippen molar-refractivity contribution in [2.24, 2.45) is 0 Å². The first-order chi connectivity index (χ1) is 9.46. The highest BCUT2D eigenvalue weighted by Crippen LogP contribution is 2.15. The van der Waals surface area contributed by atoms with Gasteiger partial charge in [0, 0.05) is 35.9 Å². The summed E-state index contributed by atoms with van der Waals surface area (Å²) in [6, 6.07) is 7.03. The molecule has 6 nitrogen and oxygen atoms in total. The third-order valence-electron chi connectivity index (χ3n) is 2.53. The first-order valence-corrected chi connectivity index (χ1v) is 7.83. The van der Waals surface area contributed by atoms with E-state index in [4.69, 9.17) is 0 Å². The maximum Gasteiger partial charge on any atom is 0.229 e. The third kappa shape index (κ3) is 4.13. The molecule has 0 unspecified atom stereocenters. The van der Waals surface area contributed by atoms with Crippen molar-refractivity contribution in [1.29, 1.82) is 0 Å². The highest BCUT2D eigenvalue weighted by Gasteiger charge is 2.02. The fourth-order valence-electron chi connectivity index (χ4n) is 1.64. The molecule has 0 spiro atoms. The first-order valence-electron chi connectivity index (χ1n) is 5.93. The molecule has 0 aliphatic carbocycles. The molecule has 2 N–H and O–H groups in total. The zero-order valence-electron chi connectivity index (χ0n) is 11.1.